The lowest BCUT2D eigenvalue weighted by Gasteiger charge is -1.96. The van der Waals surface area contributed by atoms with Crippen molar-refractivity contribution >= 4 is 17.9 Å². The third-order valence-electron chi connectivity index (χ3n) is 2.66. The molecule has 0 saturated carbocycles. The number of hydrogen-bond donors (Lipinski definition) is 0. The van der Waals surface area contributed by atoms with Crippen LogP contribution >= 0.6 is 0 Å². The monoisotopic (exact) mass is 234 g/mol. The van der Waals surface area contributed by atoms with Gasteiger partial charge < -0.3 is 0 Å². The summed E-state index contributed by atoms with van der Waals surface area (Å²) in [5, 5.41) is 0. The Kier molecular flexibility index (Phi) is 3.87. The topological polar surface area (TPSA) is 17.1 Å². The maximum absolute atomic E-state index is 11.8. The van der Waals surface area contributed by atoms with Crippen LogP contribution < -0.4 is 0 Å². The Morgan fingerprint density at radius 2 is 1.50 bits per heavy atom. The van der Waals surface area contributed by atoms with Crippen LogP contribution in [0.1, 0.15) is 21.5 Å². The Morgan fingerprint density at radius 1 is 0.889 bits per heavy atom. The molecular formula is C17H14O. The standard InChI is InChI=1S/C17H14O/c1-2-14-8-10-15(11-9-14)12-13-17(18)16-6-4-3-5-7-16/h2-13H,1H2. The van der Waals surface area contributed by atoms with Gasteiger partial charge in [-0.1, -0.05) is 73.3 Å². The maximum Gasteiger partial charge on any atom is 0.185 e. The minimum absolute atomic E-state index is 0.0170. The van der Waals surface area contributed by atoms with Crippen molar-refractivity contribution in [2.75, 3.05) is 0 Å². The van der Waals surface area contributed by atoms with Crippen LogP contribution in [-0.2, 0) is 0 Å². The second-order valence-corrected chi connectivity index (χ2v) is 3.93. The molecule has 0 heterocycles. The van der Waals surface area contributed by atoms with E-state index >= 15 is 0 Å². The normalized spacial score (nSPS) is 10.4. The van der Waals surface area contributed by atoms with Crippen molar-refractivity contribution in [3.8, 4) is 0 Å². The molecule has 1 heteroatoms. The molecule has 2 aromatic rings. The number of ketones is 1. The minimum atomic E-state index is 0.0170. The third-order valence-corrected chi connectivity index (χ3v) is 2.66. The van der Waals surface area contributed by atoms with Crippen molar-refractivity contribution in [1.82, 2.24) is 0 Å². The van der Waals surface area contributed by atoms with E-state index < -0.39 is 0 Å². The fraction of sp³-hybridized carbons (Fsp3) is 0. The van der Waals surface area contributed by atoms with Gasteiger partial charge in [-0.25, -0.2) is 0 Å². The molecule has 0 fully saturated rings. The van der Waals surface area contributed by atoms with E-state index in [1.165, 1.54) is 0 Å². The molecule has 0 aliphatic rings. The van der Waals surface area contributed by atoms with Gasteiger partial charge in [0.25, 0.3) is 0 Å². The lowest BCUT2D eigenvalue weighted by atomic mass is 10.1. The number of benzene rings is 2. The van der Waals surface area contributed by atoms with Crippen LogP contribution in [0.4, 0.5) is 0 Å². The highest BCUT2D eigenvalue weighted by Gasteiger charge is 1.98. The third kappa shape index (κ3) is 3.05. The first-order valence-electron chi connectivity index (χ1n) is 5.79. The quantitative estimate of drug-likeness (QED) is 0.571. The van der Waals surface area contributed by atoms with E-state index in [1.54, 1.807) is 12.2 Å². The summed E-state index contributed by atoms with van der Waals surface area (Å²) in [4.78, 5) is 11.8. The molecule has 0 radical (unpaired) electrons. The first kappa shape index (κ1) is 12.1. The van der Waals surface area contributed by atoms with Crippen LogP contribution in [0.15, 0.2) is 67.3 Å². The summed E-state index contributed by atoms with van der Waals surface area (Å²) in [5.74, 6) is 0.0170. The van der Waals surface area contributed by atoms with Crippen LogP contribution in [0.25, 0.3) is 12.2 Å². The predicted molar refractivity (Wildman–Crippen MR) is 76.3 cm³/mol. The zero-order valence-electron chi connectivity index (χ0n) is 10.0. The lowest BCUT2D eigenvalue weighted by Crippen LogP contribution is -1.92. The lowest BCUT2D eigenvalue weighted by molar-refractivity contribution is 0.104. The van der Waals surface area contributed by atoms with Gasteiger partial charge in [0.2, 0.25) is 0 Å². The van der Waals surface area contributed by atoms with Gasteiger partial charge in [0, 0.05) is 5.56 Å². The highest BCUT2D eigenvalue weighted by Crippen LogP contribution is 2.08. The Labute approximate surface area is 107 Å². The molecule has 2 rings (SSSR count). The van der Waals surface area contributed by atoms with Gasteiger partial charge in [-0.05, 0) is 17.2 Å². The van der Waals surface area contributed by atoms with Gasteiger partial charge in [0.15, 0.2) is 5.78 Å². The van der Waals surface area contributed by atoms with E-state index in [1.807, 2.05) is 60.7 Å². The van der Waals surface area contributed by atoms with Gasteiger partial charge in [-0.15, -0.1) is 0 Å². The largest absolute Gasteiger partial charge is 0.289 e. The molecule has 1 nitrogen and oxygen atoms in total. The SMILES string of the molecule is C=Cc1ccc(C=CC(=O)c2ccccc2)cc1. The molecular weight excluding hydrogens is 220 g/mol. The Hall–Kier alpha value is -2.41. The molecule has 0 aliphatic carbocycles. The van der Waals surface area contributed by atoms with E-state index in [4.69, 9.17) is 0 Å². The van der Waals surface area contributed by atoms with Crippen LogP contribution in [-0.4, -0.2) is 5.78 Å². The summed E-state index contributed by atoms with van der Waals surface area (Å²) >= 11 is 0. The number of carbonyl (C=O) groups is 1. The number of allylic oxidation sites excluding steroid dienone is 1. The van der Waals surface area contributed by atoms with Gasteiger partial charge in [-0.3, -0.25) is 4.79 Å². The Bertz CT molecular complexity index is 562. The molecule has 0 saturated heterocycles. The molecule has 0 aromatic heterocycles. The van der Waals surface area contributed by atoms with Gasteiger partial charge >= 0.3 is 0 Å². The minimum Gasteiger partial charge on any atom is -0.289 e. The first-order chi connectivity index (χ1) is 8.79. The summed E-state index contributed by atoms with van der Waals surface area (Å²) in [6, 6.07) is 17.1. The summed E-state index contributed by atoms with van der Waals surface area (Å²) < 4.78 is 0. The van der Waals surface area contributed by atoms with Crippen LogP contribution in [0.2, 0.25) is 0 Å². The second-order valence-electron chi connectivity index (χ2n) is 3.93. The molecule has 0 amide bonds. The first-order valence-corrected chi connectivity index (χ1v) is 5.79. The van der Waals surface area contributed by atoms with E-state index in [9.17, 15) is 4.79 Å². The Balaban J connectivity index is 2.11. The number of carbonyl (C=O) groups excluding carboxylic acids is 1. The van der Waals surface area contributed by atoms with Gasteiger partial charge in [-0.2, -0.15) is 0 Å². The van der Waals surface area contributed by atoms with Crippen LogP contribution in [0.5, 0.6) is 0 Å². The van der Waals surface area contributed by atoms with Crippen molar-refractivity contribution in [2.24, 2.45) is 0 Å². The second kappa shape index (κ2) is 5.78. The molecule has 0 aliphatic heterocycles. The molecule has 2 aromatic carbocycles. The average molecular weight is 234 g/mol. The van der Waals surface area contributed by atoms with Crippen LogP contribution in [0.3, 0.4) is 0 Å². The summed E-state index contributed by atoms with van der Waals surface area (Å²) in [5.41, 5.74) is 2.78. The maximum atomic E-state index is 11.8. The smallest absolute Gasteiger partial charge is 0.185 e. The van der Waals surface area contributed by atoms with Gasteiger partial charge in [0.05, 0.1) is 0 Å². The van der Waals surface area contributed by atoms with Crippen molar-refractivity contribution in [2.45, 2.75) is 0 Å². The van der Waals surface area contributed by atoms with Gasteiger partial charge in [0.1, 0.15) is 0 Å². The molecule has 0 atom stereocenters. The predicted octanol–water partition coefficient (Wildman–Crippen LogP) is 4.23. The van der Waals surface area contributed by atoms with Crippen LogP contribution in [0, 0.1) is 0 Å². The molecule has 0 unspecified atom stereocenters. The highest BCUT2D eigenvalue weighted by molar-refractivity contribution is 6.06. The van der Waals surface area contributed by atoms with E-state index in [0.29, 0.717) is 5.56 Å². The number of rotatable bonds is 4. The van der Waals surface area contributed by atoms with E-state index in [0.717, 1.165) is 11.1 Å². The van der Waals surface area contributed by atoms with Crippen molar-refractivity contribution < 1.29 is 4.79 Å². The molecule has 0 spiro atoms. The molecule has 88 valence electrons. The summed E-state index contributed by atoms with van der Waals surface area (Å²) in [6.07, 6.45) is 5.21. The fourth-order valence-electron chi connectivity index (χ4n) is 1.61. The number of hydrogen-bond acceptors (Lipinski definition) is 1. The van der Waals surface area contributed by atoms with E-state index in [2.05, 4.69) is 6.58 Å². The summed E-state index contributed by atoms with van der Waals surface area (Å²) in [6.45, 7) is 3.70. The Morgan fingerprint density at radius 3 is 2.11 bits per heavy atom. The van der Waals surface area contributed by atoms with Crippen molar-refractivity contribution in [3.05, 3.63) is 83.9 Å². The van der Waals surface area contributed by atoms with E-state index in [-0.39, 0.29) is 5.78 Å². The van der Waals surface area contributed by atoms with Crippen molar-refractivity contribution in [1.29, 1.82) is 0 Å². The molecule has 18 heavy (non-hydrogen) atoms. The molecule has 0 N–H and O–H groups in total. The van der Waals surface area contributed by atoms with Crippen molar-refractivity contribution in [3.63, 3.8) is 0 Å². The average Bonchev–Trinajstić information content (AvgIpc) is 2.46. The zero-order valence-corrected chi connectivity index (χ0v) is 10.0. The summed E-state index contributed by atoms with van der Waals surface area (Å²) in [7, 11) is 0. The molecule has 0 bridgehead atoms. The zero-order chi connectivity index (χ0) is 12.8. The fourth-order valence-corrected chi connectivity index (χ4v) is 1.61. The highest BCUT2D eigenvalue weighted by atomic mass is 16.1.